The number of ketones is 1. The topological polar surface area (TPSA) is 17.1 Å². The van der Waals surface area contributed by atoms with Crippen molar-refractivity contribution < 1.29 is 4.79 Å². The minimum atomic E-state index is -0.160. The van der Waals surface area contributed by atoms with Crippen LogP contribution < -0.4 is 0 Å². The van der Waals surface area contributed by atoms with Crippen LogP contribution in [-0.2, 0) is 4.79 Å². The molecule has 0 aliphatic carbocycles. The SMILES string of the molecule is CCCCCCC(I)CC(=O)C(C)(C)C. The molecule has 0 aliphatic rings. The van der Waals surface area contributed by atoms with E-state index in [4.69, 9.17) is 0 Å². The first kappa shape index (κ1) is 15.4. The highest BCUT2D eigenvalue weighted by atomic mass is 127. The Bertz CT molecular complexity index is 181. The van der Waals surface area contributed by atoms with E-state index in [0.29, 0.717) is 9.71 Å². The molecular formula is C13H25IO. The lowest BCUT2D eigenvalue weighted by molar-refractivity contribution is -0.126. The van der Waals surface area contributed by atoms with Gasteiger partial charge in [-0.05, 0) is 6.42 Å². The summed E-state index contributed by atoms with van der Waals surface area (Å²) in [6.07, 6.45) is 7.15. The van der Waals surface area contributed by atoms with E-state index in [1.54, 1.807) is 0 Å². The number of rotatable bonds is 7. The third kappa shape index (κ3) is 8.23. The maximum atomic E-state index is 11.8. The van der Waals surface area contributed by atoms with Gasteiger partial charge in [0, 0.05) is 15.8 Å². The zero-order chi connectivity index (χ0) is 11.9. The Morgan fingerprint density at radius 1 is 1.20 bits per heavy atom. The van der Waals surface area contributed by atoms with Gasteiger partial charge in [0.15, 0.2) is 0 Å². The summed E-state index contributed by atoms with van der Waals surface area (Å²) in [4.78, 5) is 11.8. The van der Waals surface area contributed by atoms with Gasteiger partial charge in [0.1, 0.15) is 5.78 Å². The van der Waals surface area contributed by atoms with Gasteiger partial charge >= 0.3 is 0 Å². The first-order valence-electron chi connectivity index (χ1n) is 6.05. The molecule has 0 aliphatic heterocycles. The molecule has 0 aromatic carbocycles. The second-order valence-electron chi connectivity index (χ2n) is 5.32. The Morgan fingerprint density at radius 3 is 2.27 bits per heavy atom. The van der Waals surface area contributed by atoms with Crippen molar-refractivity contribution in [3.8, 4) is 0 Å². The zero-order valence-electron chi connectivity index (χ0n) is 10.6. The van der Waals surface area contributed by atoms with Crippen LogP contribution in [0.5, 0.6) is 0 Å². The second-order valence-corrected chi connectivity index (χ2v) is 7.09. The van der Waals surface area contributed by atoms with Crippen molar-refractivity contribution in [1.82, 2.24) is 0 Å². The third-order valence-electron chi connectivity index (χ3n) is 2.61. The lowest BCUT2D eigenvalue weighted by Gasteiger charge is -2.18. The Hall–Kier alpha value is 0.400. The predicted molar refractivity (Wildman–Crippen MR) is 75.6 cm³/mol. The number of Topliss-reactive ketones (excluding diaryl/α,β-unsaturated/α-hetero) is 1. The molecule has 0 spiro atoms. The Balaban J connectivity index is 3.65. The molecule has 0 rings (SSSR count). The van der Waals surface area contributed by atoms with Gasteiger partial charge in [-0.25, -0.2) is 0 Å². The van der Waals surface area contributed by atoms with Crippen molar-refractivity contribution in [3.63, 3.8) is 0 Å². The average molecular weight is 324 g/mol. The highest BCUT2D eigenvalue weighted by Crippen LogP contribution is 2.23. The monoisotopic (exact) mass is 324 g/mol. The molecule has 0 fully saturated rings. The van der Waals surface area contributed by atoms with Crippen LogP contribution in [0.4, 0.5) is 0 Å². The smallest absolute Gasteiger partial charge is 0.139 e. The number of unbranched alkanes of at least 4 members (excludes halogenated alkanes) is 3. The van der Waals surface area contributed by atoms with Crippen LogP contribution in [0.25, 0.3) is 0 Å². The van der Waals surface area contributed by atoms with Crippen LogP contribution in [0, 0.1) is 5.41 Å². The van der Waals surface area contributed by atoms with Crippen LogP contribution in [0.15, 0.2) is 0 Å². The van der Waals surface area contributed by atoms with E-state index in [9.17, 15) is 4.79 Å². The van der Waals surface area contributed by atoms with Crippen LogP contribution >= 0.6 is 22.6 Å². The molecule has 1 nitrogen and oxygen atoms in total. The molecule has 0 amide bonds. The number of carbonyl (C=O) groups excluding carboxylic acids is 1. The van der Waals surface area contributed by atoms with Crippen LogP contribution in [-0.4, -0.2) is 9.71 Å². The van der Waals surface area contributed by atoms with E-state index in [1.165, 1.54) is 32.1 Å². The normalized spacial score (nSPS) is 13.9. The molecule has 0 aromatic rings. The third-order valence-corrected chi connectivity index (χ3v) is 3.68. The fraction of sp³-hybridized carbons (Fsp3) is 0.923. The molecule has 15 heavy (non-hydrogen) atoms. The number of carbonyl (C=O) groups is 1. The highest BCUT2D eigenvalue weighted by molar-refractivity contribution is 14.1. The maximum absolute atomic E-state index is 11.8. The van der Waals surface area contributed by atoms with Crippen molar-refractivity contribution >= 4 is 28.4 Å². The standard InChI is InChI=1S/C13H25IO/c1-5-6-7-8-9-11(14)10-12(15)13(2,3)4/h11H,5-10H2,1-4H3. The molecule has 0 N–H and O–H groups in total. The van der Waals surface area contributed by atoms with Crippen LogP contribution in [0.2, 0.25) is 0 Å². The summed E-state index contributed by atoms with van der Waals surface area (Å²) < 4.78 is 0.534. The molecule has 2 heteroatoms. The van der Waals surface area contributed by atoms with E-state index in [0.717, 1.165) is 6.42 Å². The van der Waals surface area contributed by atoms with E-state index in [-0.39, 0.29) is 5.41 Å². The van der Waals surface area contributed by atoms with Gasteiger partial charge in [-0.1, -0.05) is 76.0 Å². The summed E-state index contributed by atoms with van der Waals surface area (Å²) in [6.45, 7) is 8.26. The van der Waals surface area contributed by atoms with Gasteiger partial charge in [-0.15, -0.1) is 0 Å². The van der Waals surface area contributed by atoms with Gasteiger partial charge in [0.2, 0.25) is 0 Å². The molecule has 0 radical (unpaired) electrons. The molecule has 1 unspecified atom stereocenters. The fourth-order valence-electron chi connectivity index (χ4n) is 1.40. The number of halogens is 1. The maximum Gasteiger partial charge on any atom is 0.139 e. The second kappa shape index (κ2) is 7.64. The molecule has 0 aromatic heterocycles. The van der Waals surface area contributed by atoms with Crippen molar-refractivity contribution in [3.05, 3.63) is 0 Å². The summed E-state index contributed by atoms with van der Waals surface area (Å²) in [7, 11) is 0. The molecule has 0 saturated carbocycles. The van der Waals surface area contributed by atoms with Gasteiger partial charge in [0.05, 0.1) is 0 Å². The zero-order valence-corrected chi connectivity index (χ0v) is 12.8. The first-order chi connectivity index (χ1) is 6.88. The molecule has 0 saturated heterocycles. The van der Waals surface area contributed by atoms with Crippen molar-refractivity contribution in [2.45, 2.75) is 70.1 Å². The highest BCUT2D eigenvalue weighted by Gasteiger charge is 2.23. The number of hydrogen-bond donors (Lipinski definition) is 0. The van der Waals surface area contributed by atoms with Crippen molar-refractivity contribution in [1.29, 1.82) is 0 Å². The lowest BCUT2D eigenvalue weighted by atomic mass is 9.88. The van der Waals surface area contributed by atoms with E-state index >= 15 is 0 Å². The summed E-state index contributed by atoms with van der Waals surface area (Å²) in [5, 5.41) is 0. The van der Waals surface area contributed by atoms with Gasteiger partial charge in [0.25, 0.3) is 0 Å². The summed E-state index contributed by atoms with van der Waals surface area (Å²) in [5.41, 5.74) is -0.160. The van der Waals surface area contributed by atoms with Crippen molar-refractivity contribution in [2.24, 2.45) is 5.41 Å². The van der Waals surface area contributed by atoms with E-state index < -0.39 is 0 Å². The number of alkyl halides is 1. The van der Waals surface area contributed by atoms with Crippen LogP contribution in [0.1, 0.15) is 66.2 Å². The average Bonchev–Trinajstić information content (AvgIpc) is 2.11. The van der Waals surface area contributed by atoms with Gasteiger partial charge in [-0.3, -0.25) is 4.79 Å². The summed E-state index contributed by atoms with van der Waals surface area (Å²) >= 11 is 2.43. The predicted octanol–water partition coefficient (Wildman–Crippen LogP) is 4.77. The largest absolute Gasteiger partial charge is 0.299 e. The molecule has 0 bridgehead atoms. The molecule has 1 atom stereocenters. The van der Waals surface area contributed by atoms with Crippen molar-refractivity contribution in [2.75, 3.05) is 0 Å². The summed E-state index contributed by atoms with van der Waals surface area (Å²) in [6, 6.07) is 0. The Morgan fingerprint density at radius 2 is 1.80 bits per heavy atom. The van der Waals surface area contributed by atoms with Gasteiger partial charge in [-0.2, -0.15) is 0 Å². The van der Waals surface area contributed by atoms with E-state index in [1.807, 2.05) is 20.8 Å². The molecule has 90 valence electrons. The molecule has 0 heterocycles. The minimum absolute atomic E-state index is 0.160. The van der Waals surface area contributed by atoms with Crippen LogP contribution in [0.3, 0.4) is 0 Å². The quantitative estimate of drug-likeness (QED) is 0.375. The Labute approximate surface area is 109 Å². The number of hydrogen-bond acceptors (Lipinski definition) is 1. The Kier molecular flexibility index (Phi) is 7.84. The lowest BCUT2D eigenvalue weighted by Crippen LogP contribution is -2.22. The molecular weight excluding hydrogens is 299 g/mol. The minimum Gasteiger partial charge on any atom is -0.299 e. The fourth-order valence-corrected chi connectivity index (χ4v) is 2.24. The summed E-state index contributed by atoms with van der Waals surface area (Å²) in [5.74, 6) is 0.400. The van der Waals surface area contributed by atoms with Gasteiger partial charge < -0.3 is 0 Å². The first-order valence-corrected chi connectivity index (χ1v) is 7.30. The van der Waals surface area contributed by atoms with E-state index in [2.05, 4.69) is 29.5 Å².